The van der Waals surface area contributed by atoms with Crippen LogP contribution >= 0.6 is 0 Å². The summed E-state index contributed by atoms with van der Waals surface area (Å²) in [6.07, 6.45) is -2.46. The zero-order valence-corrected chi connectivity index (χ0v) is 18.9. The molecule has 34 heavy (non-hydrogen) atoms. The summed E-state index contributed by atoms with van der Waals surface area (Å²) in [5, 5.41) is 12.4. The Kier molecular flexibility index (Phi) is 6.46. The van der Waals surface area contributed by atoms with Crippen molar-refractivity contribution in [3.8, 4) is 5.75 Å². The van der Waals surface area contributed by atoms with Crippen LogP contribution in [0.2, 0.25) is 0 Å². The summed E-state index contributed by atoms with van der Waals surface area (Å²) in [7, 11) is 0. The van der Waals surface area contributed by atoms with Crippen LogP contribution in [0.15, 0.2) is 65.7 Å². The average Bonchev–Trinajstić information content (AvgIpc) is 2.94. The fraction of sp³-hybridized carbons (Fsp3) is 0.259. The number of nitrogens with one attached hydrogen (secondary N) is 1. The van der Waals surface area contributed by atoms with Crippen LogP contribution in [0.5, 0.6) is 5.75 Å². The third-order valence-electron chi connectivity index (χ3n) is 6.05. The predicted molar refractivity (Wildman–Crippen MR) is 127 cm³/mol. The SMILES string of the molecule is CCc1ccc(CC2N=C(c3ccc(O)cc3)c3cc(C(F)(F)F)ccc3NC2=O)cc1CC. The van der Waals surface area contributed by atoms with Crippen LogP contribution in [0.1, 0.15) is 47.2 Å². The molecule has 1 atom stereocenters. The third-order valence-corrected chi connectivity index (χ3v) is 6.05. The lowest BCUT2D eigenvalue weighted by Gasteiger charge is -2.14. The number of halogens is 3. The minimum atomic E-state index is -4.54. The summed E-state index contributed by atoms with van der Waals surface area (Å²) < 4.78 is 40.4. The second kappa shape index (κ2) is 9.33. The van der Waals surface area contributed by atoms with E-state index in [1.165, 1.54) is 29.3 Å². The normalized spacial score (nSPS) is 15.9. The third kappa shape index (κ3) is 4.83. The van der Waals surface area contributed by atoms with Gasteiger partial charge in [-0.05, 0) is 72.0 Å². The number of anilines is 1. The van der Waals surface area contributed by atoms with Gasteiger partial charge in [0.2, 0.25) is 5.91 Å². The van der Waals surface area contributed by atoms with Crippen molar-refractivity contribution in [1.82, 2.24) is 0 Å². The van der Waals surface area contributed by atoms with Crippen molar-refractivity contribution in [3.05, 3.63) is 94.0 Å². The van der Waals surface area contributed by atoms with Crippen molar-refractivity contribution in [1.29, 1.82) is 0 Å². The van der Waals surface area contributed by atoms with Crippen LogP contribution in [-0.2, 0) is 30.2 Å². The number of aliphatic imine (C=N–C) groups is 1. The lowest BCUT2D eigenvalue weighted by atomic mass is 9.96. The molecule has 1 unspecified atom stereocenters. The van der Waals surface area contributed by atoms with E-state index in [4.69, 9.17) is 0 Å². The first-order valence-electron chi connectivity index (χ1n) is 11.2. The minimum Gasteiger partial charge on any atom is -0.508 e. The molecule has 1 aliphatic rings. The Morgan fingerprint density at radius 2 is 1.65 bits per heavy atom. The maximum atomic E-state index is 13.5. The minimum absolute atomic E-state index is 0.0242. The maximum Gasteiger partial charge on any atom is 0.416 e. The average molecular weight is 467 g/mol. The van der Waals surface area contributed by atoms with Gasteiger partial charge in [-0.25, -0.2) is 0 Å². The van der Waals surface area contributed by atoms with E-state index in [2.05, 4.69) is 36.3 Å². The van der Waals surface area contributed by atoms with E-state index in [-0.39, 0.29) is 28.6 Å². The molecule has 3 aromatic carbocycles. The van der Waals surface area contributed by atoms with Crippen molar-refractivity contribution in [2.45, 2.75) is 45.3 Å². The number of rotatable bonds is 5. The summed E-state index contributed by atoms with van der Waals surface area (Å²) in [6.45, 7) is 4.17. The molecule has 0 saturated heterocycles. The topological polar surface area (TPSA) is 61.7 Å². The number of hydrogen-bond donors (Lipinski definition) is 2. The van der Waals surface area contributed by atoms with E-state index in [0.29, 0.717) is 12.0 Å². The first kappa shape index (κ1) is 23.5. The van der Waals surface area contributed by atoms with E-state index in [0.717, 1.165) is 30.5 Å². The molecule has 4 nitrogen and oxygen atoms in total. The van der Waals surface area contributed by atoms with Crippen molar-refractivity contribution >= 4 is 17.3 Å². The number of phenolic OH excluding ortho intramolecular Hbond substituents is 1. The Bertz CT molecular complexity index is 1250. The highest BCUT2D eigenvalue weighted by Crippen LogP contribution is 2.34. The molecule has 0 fully saturated rings. The van der Waals surface area contributed by atoms with Crippen molar-refractivity contribution in [3.63, 3.8) is 0 Å². The van der Waals surface area contributed by atoms with Gasteiger partial charge < -0.3 is 10.4 Å². The number of aromatic hydroxyl groups is 1. The summed E-state index contributed by atoms with van der Waals surface area (Å²) in [5.74, 6) is -0.358. The molecule has 1 aliphatic heterocycles. The van der Waals surface area contributed by atoms with Crippen molar-refractivity contribution < 1.29 is 23.1 Å². The number of carbonyl (C=O) groups excluding carboxylic acids is 1. The van der Waals surface area contributed by atoms with Gasteiger partial charge in [0, 0.05) is 17.5 Å². The number of alkyl halides is 3. The largest absolute Gasteiger partial charge is 0.508 e. The highest BCUT2D eigenvalue weighted by Gasteiger charge is 2.33. The Hall–Kier alpha value is -3.61. The number of hydrogen-bond acceptors (Lipinski definition) is 3. The second-order valence-electron chi connectivity index (χ2n) is 8.30. The molecule has 0 bridgehead atoms. The van der Waals surface area contributed by atoms with Crippen molar-refractivity contribution in [2.24, 2.45) is 4.99 Å². The number of nitrogens with zero attached hydrogens (tertiary/aromatic N) is 1. The summed E-state index contributed by atoms with van der Waals surface area (Å²) in [4.78, 5) is 17.8. The Morgan fingerprint density at radius 3 is 2.29 bits per heavy atom. The number of fused-ring (bicyclic) bond motifs is 1. The monoisotopic (exact) mass is 466 g/mol. The van der Waals surface area contributed by atoms with Crippen LogP contribution in [-0.4, -0.2) is 22.8 Å². The quantitative estimate of drug-likeness (QED) is 0.489. The van der Waals surface area contributed by atoms with Crippen LogP contribution in [0.25, 0.3) is 0 Å². The predicted octanol–water partition coefficient (Wildman–Crippen LogP) is 5.94. The molecule has 176 valence electrons. The van der Waals surface area contributed by atoms with Gasteiger partial charge in [-0.3, -0.25) is 9.79 Å². The van der Waals surface area contributed by atoms with Crippen LogP contribution in [0, 0.1) is 0 Å². The highest BCUT2D eigenvalue weighted by atomic mass is 19.4. The molecule has 7 heteroatoms. The first-order chi connectivity index (χ1) is 16.2. The van der Waals surface area contributed by atoms with Gasteiger partial charge in [0.05, 0.1) is 17.0 Å². The molecule has 0 aromatic heterocycles. The van der Waals surface area contributed by atoms with Crippen LogP contribution in [0.3, 0.4) is 0 Å². The van der Waals surface area contributed by atoms with Gasteiger partial charge in [0.1, 0.15) is 11.8 Å². The standard InChI is InChI=1S/C27H25F3N2O2/c1-3-17-6-5-16(13-18(17)4-2)14-24-26(34)32-23-12-9-20(27(28,29)30)15-22(23)25(31-24)19-7-10-21(33)11-8-19/h5-13,15,24,33H,3-4,14H2,1-2H3,(H,32,34). The molecule has 3 aromatic rings. The highest BCUT2D eigenvalue weighted by molar-refractivity contribution is 6.19. The Balaban J connectivity index is 1.82. The Labute approximate surface area is 196 Å². The molecule has 1 heterocycles. The Morgan fingerprint density at radius 1 is 0.941 bits per heavy atom. The second-order valence-corrected chi connectivity index (χ2v) is 8.30. The number of aryl methyl sites for hydroxylation is 2. The summed E-state index contributed by atoms with van der Waals surface area (Å²) >= 11 is 0. The lowest BCUT2D eigenvalue weighted by molar-refractivity contribution is -0.137. The smallest absolute Gasteiger partial charge is 0.416 e. The van der Waals surface area contributed by atoms with E-state index < -0.39 is 17.8 Å². The van der Waals surface area contributed by atoms with E-state index in [9.17, 15) is 23.1 Å². The number of phenols is 1. The number of amides is 1. The van der Waals surface area contributed by atoms with Gasteiger partial charge in [0.15, 0.2) is 0 Å². The molecule has 0 radical (unpaired) electrons. The number of benzene rings is 3. The van der Waals surface area contributed by atoms with E-state index in [1.54, 1.807) is 12.1 Å². The zero-order chi connectivity index (χ0) is 24.5. The first-order valence-corrected chi connectivity index (χ1v) is 11.2. The van der Waals surface area contributed by atoms with Gasteiger partial charge in [-0.1, -0.05) is 32.0 Å². The maximum absolute atomic E-state index is 13.5. The molecule has 0 aliphatic carbocycles. The lowest BCUT2D eigenvalue weighted by Crippen LogP contribution is -2.27. The fourth-order valence-corrected chi connectivity index (χ4v) is 4.22. The molecular weight excluding hydrogens is 441 g/mol. The van der Waals surface area contributed by atoms with Crippen molar-refractivity contribution in [2.75, 3.05) is 5.32 Å². The van der Waals surface area contributed by atoms with Gasteiger partial charge >= 0.3 is 6.18 Å². The molecule has 1 amide bonds. The van der Waals surface area contributed by atoms with E-state index >= 15 is 0 Å². The number of benzodiazepines with no additional fused rings is 1. The molecule has 2 N–H and O–H groups in total. The summed E-state index contributed by atoms with van der Waals surface area (Å²) in [5.41, 5.74) is 3.79. The van der Waals surface area contributed by atoms with E-state index in [1.807, 2.05) is 6.07 Å². The van der Waals surface area contributed by atoms with Gasteiger partial charge in [-0.2, -0.15) is 13.2 Å². The van der Waals surface area contributed by atoms with Gasteiger partial charge in [0.25, 0.3) is 0 Å². The molecule has 4 rings (SSSR count). The fourth-order valence-electron chi connectivity index (χ4n) is 4.22. The molecule has 0 saturated carbocycles. The molecule has 0 spiro atoms. The van der Waals surface area contributed by atoms with Crippen LogP contribution < -0.4 is 5.32 Å². The van der Waals surface area contributed by atoms with Gasteiger partial charge in [-0.15, -0.1) is 0 Å². The summed E-state index contributed by atoms with van der Waals surface area (Å²) in [6, 6.07) is 14.5. The zero-order valence-electron chi connectivity index (χ0n) is 18.9. The molecular formula is C27H25F3N2O2. The van der Waals surface area contributed by atoms with Crippen LogP contribution in [0.4, 0.5) is 18.9 Å². The number of carbonyl (C=O) groups is 1.